The second-order valence-electron chi connectivity index (χ2n) is 8.07. The molecule has 0 saturated heterocycles. The molecular formula is C27H35FO4. The van der Waals surface area contributed by atoms with Crippen molar-refractivity contribution in [3.63, 3.8) is 0 Å². The van der Waals surface area contributed by atoms with E-state index in [0.29, 0.717) is 12.2 Å². The van der Waals surface area contributed by atoms with Crippen LogP contribution in [0.15, 0.2) is 48.5 Å². The maximum Gasteiger partial charge on any atom is 0.339 e. The summed E-state index contributed by atoms with van der Waals surface area (Å²) in [6.45, 7) is 2.49. The predicted octanol–water partition coefficient (Wildman–Crippen LogP) is 7.26. The minimum absolute atomic E-state index is 0.0709. The fraction of sp³-hybridized carbons (Fsp3) is 0.481. The van der Waals surface area contributed by atoms with Crippen LogP contribution in [0.4, 0.5) is 4.39 Å². The smallest absolute Gasteiger partial charge is 0.339 e. The van der Waals surface area contributed by atoms with Gasteiger partial charge in [0.1, 0.15) is 12.4 Å². The van der Waals surface area contributed by atoms with E-state index in [9.17, 15) is 14.0 Å². The van der Waals surface area contributed by atoms with Crippen LogP contribution in [-0.4, -0.2) is 18.5 Å². The third-order valence-electron chi connectivity index (χ3n) is 5.36. The predicted molar refractivity (Wildman–Crippen MR) is 124 cm³/mol. The second kappa shape index (κ2) is 15.2. The number of ether oxygens (including phenoxy) is 2. The van der Waals surface area contributed by atoms with E-state index in [1.54, 1.807) is 30.3 Å². The molecule has 0 spiro atoms. The summed E-state index contributed by atoms with van der Waals surface area (Å²) in [7, 11) is 0. The summed E-state index contributed by atoms with van der Waals surface area (Å²) < 4.78 is 23.9. The van der Waals surface area contributed by atoms with Gasteiger partial charge in [0.05, 0.1) is 17.7 Å². The zero-order valence-electron chi connectivity index (χ0n) is 19.1. The molecule has 32 heavy (non-hydrogen) atoms. The Morgan fingerprint density at radius 1 is 0.719 bits per heavy atom. The summed E-state index contributed by atoms with van der Waals surface area (Å²) in [5.74, 6) is -1.56. The molecule has 2 aromatic rings. The van der Waals surface area contributed by atoms with Crippen LogP contribution in [0, 0.1) is 5.82 Å². The summed E-state index contributed by atoms with van der Waals surface area (Å²) in [4.78, 5) is 24.9. The molecule has 0 aromatic heterocycles. The summed E-state index contributed by atoms with van der Waals surface area (Å²) in [5.41, 5.74) is 0.875. The van der Waals surface area contributed by atoms with Crippen LogP contribution in [0.5, 0.6) is 0 Å². The SMILES string of the molecule is CCCCCCCCCCCCOC(=O)c1ccccc1C(=O)OCc1cccc(F)c1. The first-order chi connectivity index (χ1) is 15.6. The molecule has 0 aliphatic carbocycles. The van der Waals surface area contributed by atoms with Crippen LogP contribution in [0.25, 0.3) is 0 Å². The summed E-state index contributed by atoms with van der Waals surface area (Å²) in [5, 5.41) is 0. The number of esters is 2. The molecule has 5 heteroatoms. The van der Waals surface area contributed by atoms with E-state index in [4.69, 9.17) is 9.47 Å². The second-order valence-corrected chi connectivity index (χ2v) is 8.07. The molecule has 0 fully saturated rings. The number of halogens is 1. The lowest BCUT2D eigenvalue weighted by molar-refractivity contribution is 0.0436. The van der Waals surface area contributed by atoms with Gasteiger partial charge in [-0.25, -0.2) is 14.0 Å². The monoisotopic (exact) mass is 442 g/mol. The minimum Gasteiger partial charge on any atom is -0.462 e. The molecule has 174 valence electrons. The van der Waals surface area contributed by atoms with Crippen LogP contribution < -0.4 is 0 Å². The lowest BCUT2D eigenvalue weighted by Gasteiger charge is -2.10. The fourth-order valence-electron chi connectivity index (χ4n) is 3.52. The quantitative estimate of drug-likeness (QED) is 0.215. The van der Waals surface area contributed by atoms with E-state index in [0.717, 1.165) is 19.3 Å². The molecule has 0 atom stereocenters. The van der Waals surface area contributed by atoms with Crippen molar-refractivity contribution in [2.24, 2.45) is 0 Å². The third-order valence-corrected chi connectivity index (χ3v) is 5.36. The summed E-state index contributed by atoms with van der Waals surface area (Å²) >= 11 is 0. The topological polar surface area (TPSA) is 52.6 Å². The Morgan fingerprint density at radius 3 is 1.88 bits per heavy atom. The normalized spacial score (nSPS) is 10.7. The van der Waals surface area contributed by atoms with E-state index in [1.807, 2.05) is 0 Å². The van der Waals surface area contributed by atoms with Gasteiger partial charge in [0.25, 0.3) is 0 Å². The summed E-state index contributed by atoms with van der Waals surface area (Å²) in [6.07, 6.45) is 12.1. The highest BCUT2D eigenvalue weighted by Gasteiger charge is 2.19. The van der Waals surface area contributed by atoms with Gasteiger partial charge in [-0.1, -0.05) is 89.0 Å². The molecule has 0 bridgehead atoms. The molecule has 0 aliphatic heterocycles. The van der Waals surface area contributed by atoms with Crippen molar-refractivity contribution >= 4 is 11.9 Å². The molecule has 2 aromatic carbocycles. The largest absolute Gasteiger partial charge is 0.462 e. The Balaban J connectivity index is 1.69. The summed E-state index contributed by atoms with van der Waals surface area (Å²) in [6, 6.07) is 12.3. The van der Waals surface area contributed by atoms with Crippen molar-refractivity contribution in [1.29, 1.82) is 0 Å². The number of carbonyl (C=O) groups excluding carboxylic acids is 2. The first kappa shape index (κ1) is 25.6. The van der Waals surface area contributed by atoms with Crippen LogP contribution in [0.2, 0.25) is 0 Å². The van der Waals surface area contributed by atoms with Gasteiger partial charge in [-0.15, -0.1) is 0 Å². The van der Waals surface area contributed by atoms with Gasteiger partial charge in [0.2, 0.25) is 0 Å². The number of benzene rings is 2. The van der Waals surface area contributed by atoms with Crippen molar-refractivity contribution in [3.05, 3.63) is 71.0 Å². The van der Waals surface area contributed by atoms with E-state index in [2.05, 4.69) is 6.92 Å². The zero-order valence-corrected chi connectivity index (χ0v) is 19.1. The average Bonchev–Trinajstić information content (AvgIpc) is 2.81. The van der Waals surface area contributed by atoms with Crippen molar-refractivity contribution in [3.8, 4) is 0 Å². The Bertz CT molecular complexity index is 834. The molecule has 0 aliphatic rings. The number of carbonyl (C=O) groups is 2. The molecule has 0 radical (unpaired) electrons. The highest BCUT2D eigenvalue weighted by molar-refractivity contribution is 6.03. The van der Waals surface area contributed by atoms with Crippen molar-refractivity contribution in [2.75, 3.05) is 6.61 Å². The lowest BCUT2D eigenvalue weighted by atomic mass is 10.1. The standard InChI is InChI=1S/C27H35FO4/c1-2-3-4-5-6-7-8-9-10-13-19-31-26(29)24-17-11-12-18-25(24)27(30)32-21-22-15-14-16-23(28)20-22/h11-12,14-18,20H,2-10,13,19,21H2,1H3. The van der Waals surface area contributed by atoms with Crippen molar-refractivity contribution in [2.45, 2.75) is 77.7 Å². The van der Waals surface area contributed by atoms with E-state index in [1.165, 1.54) is 63.1 Å². The third kappa shape index (κ3) is 9.63. The Kier molecular flexibility index (Phi) is 12.1. The Morgan fingerprint density at radius 2 is 1.28 bits per heavy atom. The molecule has 2 rings (SSSR count). The number of unbranched alkanes of at least 4 members (excludes halogenated alkanes) is 9. The molecule has 0 heterocycles. The highest BCUT2D eigenvalue weighted by Crippen LogP contribution is 2.15. The number of hydrogen-bond acceptors (Lipinski definition) is 4. The maximum atomic E-state index is 13.3. The Labute approximate surface area is 191 Å². The lowest BCUT2D eigenvalue weighted by Crippen LogP contribution is -2.14. The van der Waals surface area contributed by atoms with E-state index >= 15 is 0 Å². The first-order valence-electron chi connectivity index (χ1n) is 11.8. The minimum atomic E-state index is -0.638. The first-order valence-corrected chi connectivity index (χ1v) is 11.8. The van der Waals surface area contributed by atoms with Gasteiger partial charge in [-0.3, -0.25) is 0 Å². The van der Waals surface area contributed by atoms with Gasteiger partial charge in [0.15, 0.2) is 0 Å². The van der Waals surface area contributed by atoms with E-state index < -0.39 is 17.8 Å². The molecule has 0 amide bonds. The van der Waals surface area contributed by atoms with Crippen LogP contribution >= 0.6 is 0 Å². The van der Waals surface area contributed by atoms with Gasteiger partial charge in [-0.05, 0) is 36.2 Å². The molecule has 0 saturated carbocycles. The van der Waals surface area contributed by atoms with Crippen LogP contribution in [0.3, 0.4) is 0 Å². The van der Waals surface area contributed by atoms with E-state index in [-0.39, 0.29) is 17.7 Å². The van der Waals surface area contributed by atoms with Crippen molar-refractivity contribution in [1.82, 2.24) is 0 Å². The van der Waals surface area contributed by atoms with Crippen molar-refractivity contribution < 1.29 is 23.5 Å². The molecule has 0 N–H and O–H groups in total. The number of rotatable bonds is 15. The molecular weight excluding hydrogens is 407 g/mol. The van der Waals surface area contributed by atoms with Gasteiger partial charge >= 0.3 is 11.9 Å². The fourth-order valence-corrected chi connectivity index (χ4v) is 3.52. The Hall–Kier alpha value is -2.69. The van der Waals surface area contributed by atoms with Gasteiger partial charge < -0.3 is 9.47 Å². The average molecular weight is 443 g/mol. The van der Waals surface area contributed by atoms with Gasteiger partial charge in [-0.2, -0.15) is 0 Å². The van der Waals surface area contributed by atoms with Crippen LogP contribution in [-0.2, 0) is 16.1 Å². The molecule has 4 nitrogen and oxygen atoms in total. The number of hydrogen-bond donors (Lipinski definition) is 0. The molecule has 0 unspecified atom stereocenters. The van der Waals surface area contributed by atoms with Crippen LogP contribution in [0.1, 0.15) is 97.4 Å². The highest BCUT2D eigenvalue weighted by atomic mass is 19.1. The zero-order chi connectivity index (χ0) is 23.0. The maximum absolute atomic E-state index is 13.3. The van der Waals surface area contributed by atoms with Gasteiger partial charge in [0, 0.05) is 0 Å².